The monoisotopic (exact) mass is 263 g/mol. The van der Waals surface area contributed by atoms with Gasteiger partial charge in [-0.1, -0.05) is 26.2 Å². The van der Waals surface area contributed by atoms with E-state index in [9.17, 15) is 5.26 Å². The molecule has 1 N–H and O–H groups in total. The molecule has 0 amide bonds. The minimum atomic E-state index is -0.377. The Labute approximate surface area is 118 Å². The molecule has 0 aromatic rings. The Balaban J connectivity index is 1.86. The van der Waals surface area contributed by atoms with Crippen molar-refractivity contribution in [2.24, 2.45) is 11.8 Å². The number of likely N-dealkylation sites (tertiary alicyclic amines) is 1. The van der Waals surface area contributed by atoms with Crippen LogP contribution >= 0.6 is 0 Å². The number of nitrogens with one attached hydrogen (secondary N) is 1. The van der Waals surface area contributed by atoms with E-state index in [1.807, 2.05) is 0 Å². The number of rotatable bonds is 5. The lowest BCUT2D eigenvalue weighted by Crippen LogP contribution is -2.54. The second-order valence-electron chi connectivity index (χ2n) is 6.70. The molecule has 3 nitrogen and oxygen atoms in total. The summed E-state index contributed by atoms with van der Waals surface area (Å²) >= 11 is 0. The van der Waals surface area contributed by atoms with Crippen molar-refractivity contribution in [1.82, 2.24) is 10.2 Å². The van der Waals surface area contributed by atoms with Crippen LogP contribution in [0.1, 0.15) is 52.4 Å². The molecule has 2 aliphatic rings. The molecule has 3 atom stereocenters. The van der Waals surface area contributed by atoms with Gasteiger partial charge in [0.25, 0.3) is 0 Å². The van der Waals surface area contributed by atoms with Crippen molar-refractivity contribution in [2.45, 2.75) is 57.9 Å². The maximum Gasteiger partial charge on any atom is 0.116 e. The van der Waals surface area contributed by atoms with Gasteiger partial charge in [-0.05, 0) is 51.1 Å². The van der Waals surface area contributed by atoms with E-state index in [2.05, 4.69) is 30.1 Å². The van der Waals surface area contributed by atoms with Crippen LogP contribution in [-0.2, 0) is 0 Å². The highest BCUT2D eigenvalue weighted by molar-refractivity contribution is 5.06. The molecule has 108 valence electrons. The van der Waals surface area contributed by atoms with Crippen LogP contribution in [0.25, 0.3) is 0 Å². The second-order valence-corrected chi connectivity index (χ2v) is 6.70. The summed E-state index contributed by atoms with van der Waals surface area (Å²) in [6.45, 7) is 8.42. The number of fused-ring (bicyclic) bond motifs is 1. The zero-order valence-electron chi connectivity index (χ0n) is 12.6. The summed E-state index contributed by atoms with van der Waals surface area (Å²) in [5, 5.41) is 12.8. The third-order valence-corrected chi connectivity index (χ3v) is 4.93. The van der Waals surface area contributed by atoms with Crippen molar-refractivity contribution >= 4 is 0 Å². The number of piperidine rings is 1. The van der Waals surface area contributed by atoms with E-state index in [-0.39, 0.29) is 5.54 Å². The summed E-state index contributed by atoms with van der Waals surface area (Å²) in [7, 11) is 0. The fourth-order valence-corrected chi connectivity index (χ4v) is 3.80. The molecule has 3 unspecified atom stereocenters. The molecule has 3 heteroatoms. The third kappa shape index (κ3) is 3.94. The first-order valence-electron chi connectivity index (χ1n) is 8.05. The molecule has 1 aliphatic carbocycles. The molecule has 1 aliphatic heterocycles. The topological polar surface area (TPSA) is 39.1 Å². The Kier molecular flexibility index (Phi) is 5.24. The van der Waals surface area contributed by atoms with Crippen molar-refractivity contribution < 1.29 is 0 Å². The molecule has 1 saturated heterocycles. The van der Waals surface area contributed by atoms with Gasteiger partial charge in [0.1, 0.15) is 5.54 Å². The van der Waals surface area contributed by atoms with Gasteiger partial charge in [0.15, 0.2) is 0 Å². The summed E-state index contributed by atoms with van der Waals surface area (Å²) in [6, 6.07) is 2.48. The van der Waals surface area contributed by atoms with Gasteiger partial charge < -0.3 is 4.90 Å². The minimum Gasteiger partial charge on any atom is -0.300 e. The Morgan fingerprint density at radius 3 is 2.68 bits per heavy atom. The number of hydrogen-bond acceptors (Lipinski definition) is 3. The molecule has 0 bridgehead atoms. The first kappa shape index (κ1) is 14.8. The molecule has 2 fully saturated rings. The van der Waals surface area contributed by atoms with Crippen molar-refractivity contribution in [3.63, 3.8) is 0 Å². The number of nitrogens with zero attached hydrogens (tertiary/aromatic N) is 2. The smallest absolute Gasteiger partial charge is 0.116 e. The zero-order chi connectivity index (χ0) is 13.7. The lowest BCUT2D eigenvalue weighted by atomic mass is 9.75. The van der Waals surface area contributed by atoms with E-state index >= 15 is 0 Å². The molecule has 0 spiro atoms. The predicted molar refractivity (Wildman–Crippen MR) is 78.8 cm³/mol. The molecule has 19 heavy (non-hydrogen) atoms. The first-order chi connectivity index (χ1) is 9.17. The highest BCUT2D eigenvalue weighted by atomic mass is 15.2. The van der Waals surface area contributed by atoms with Crippen LogP contribution in [0, 0.1) is 23.2 Å². The van der Waals surface area contributed by atoms with Crippen LogP contribution in [0.5, 0.6) is 0 Å². The summed E-state index contributed by atoms with van der Waals surface area (Å²) in [5.74, 6) is 1.87. The van der Waals surface area contributed by atoms with Crippen molar-refractivity contribution in [1.29, 1.82) is 5.26 Å². The van der Waals surface area contributed by atoms with Crippen LogP contribution in [-0.4, -0.2) is 36.6 Å². The van der Waals surface area contributed by atoms with Gasteiger partial charge in [-0.15, -0.1) is 0 Å². The van der Waals surface area contributed by atoms with Gasteiger partial charge in [0.2, 0.25) is 0 Å². The molecular weight excluding hydrogens is 234 g/mol. The molecular formula is C16H29N3. The van der Waals surface area contributed by atoms with Gasteiger partial charge in [0.05, 0.1) is 6.07 Å². The predicted octanol–water partition coefficient (Wildman–Crippen LogP) is 2.78. The van der Waals surface area contributed by atoms with E-state index in [1.54, 1.807) is 0 Å². The van der Waals surface area contributed by atoms with Crippen LogP contribution in [0.15, 0.2) is 0 Å². The average Bonchev–Trinajstić information content (AvgIpc) is 2.45. The molecule has 1 saturated carbocycles. The summed E-state index contributed by atoms with van der Waals surface area (Å²) in [4.78, 5) is 2.53. The average molecular weight is 263 g/mol. The zero-order valence-corrected chi connectivity index (χ0v) is 12.6. The Bertz CT molecular complexity index is 322. The lowest BCUT2D eigenvalue weighted by Gasteiger charge is -2.43. The Morgan fingerprint density at radius 2 is 2.00 bits per heavy atom. The maximum absolute atomic E-state index is 9.44. The van der Waals surface area contributed by atoms with Gasteiger partial charge in [-0.2, -0.15) is 5.26 Å². The number of nitriles is 1. The standard InChI is InChI=1S/C16H29N3/c1-3-9-18-16(2,12-17)13-19-10-8-14-6-4-5-7-15(14)11-19/h14-15,18H,3-11,13H2,1-2H3. The van der Waals surface area contributed by atoms with E-state index in [0.717, 1.165) is 31.3 Å². The quantitative estimate of drug-likeness (QED) is 0.829. The lowest BCUT2D eigenvalue weighted by molar-refractivity contribution is 0.0743. The van der Waals surface area contributed by atoms with E-state index in [1.165, 1.54) is 45.2 Å². The number of hydrogen-bond donors (Lipinski definition) is 1. The van der Waals surface area contributed by atoms with Gasteiger partial charge in [0, 0.05) is 13.1 Å². The molecule has 0 aromatic heterocycles. The van der Waals surface area contributed by atoms with Crippen molar-refractivity contribution in [3.8, 4) is 6.07 Å². The van der Waals surface area contributed by atoms with Crippen molar-refractivity contribution in [3.05, 3.63) is 0 Å². The summed E-state index contributed by atoms with van der Waals surface area (Å²) < 4.78 is 0. The summed E-state index contributed by atoms with van der Waals surface area (Å²) in [6.07, 6.45) is 8.14. The maximum atomic E-state index is 9.44. The SMILES string of the molecule is CCCNC(C)(C#N)CN1CCC2CCCCC2C1. The summed E-state index contributed by atoms with van der Waals surface area (Å²) in [5.41, 5.74) is -0.377. The highest BCUT2D eigenvalue weighted by Gasteiger charge is 2.34. The fraction of sp³-hybridized carbons (Fsp3) is 0.938. The molecule has 2 rings (SSSR count). The van der Waals surface area contributed by atoms with Gasteiger partial charge >= 0.3 is 0 Å². The van der Waals surface area contributed by atoms with E-state index < -0.39 is 0 Å². The van der Waals surface area contributed by atoms with Crippen LogP contribution < -0.4 is 5.32 Å². The van der Waals surface area contributed by atoms with Gasteiger partial charge in [-0.3, -0.25) is 5.32 Å². The molecule has 0 aromatic carbocycles. The van der Waals surface area contributed by atoms with Crippen LogP contribution in [0.4, 0.5) is 0 Å². The third-order valence-electron chi connectivity index (χ3n) is 4.93. The van der Waals surface area contributed by atoms with Crippen molar-refractivity contribution in [2.75, 3.05) is 26.2 Å². The molecule has 1 heterocycles. The minimum absolute atomic E-state index is 0.377. The largest absolute Gasteiger partial charge is 0.300 e. The first-order valence-corrected chi connectivity index (χ1v) is 8.05. The van der Waals surface area contributed by atoms with E-state index in [4.69, 9.17) is 0 Å². The fourth-order valence-electron chi connectivity index (χ4n) is 3.80. The molecule has 0 radical (unpaired) electrons. The van der Waals surface area contributed by atoms with Crippen LogP contribution in [0.3, 0.4) is 0 Å². The second kappa shape index (κ2) is 6.72. The Hall–Kier alpha value is -0.590. The van der Waals surface area contributed by atoms with E-state index in [0.29, 0.717) is 0 Å². The Morgan fingerprint density at radius 1 is 1.26 bits per heavy atom. The van der Waals surface area contributed by atoms with Gasteiger partial charge in [-0.25, -0.2) is 0 Å². The van der Waals surface area contributed by atoms with Crippen LogP contribution in [0.2, 0.25) is 0 Å². The highest BCUT2D eigenvalue weighted by Crippen LogP contribution is 2.36. The normalized spacial score (nSPS) is 31.2.